The first kappa shape index (κ1) is 12.5. The van der Waals surface area contributed by atoms with Crippen molar-refractivity contribution in [2.45, 2.75) is 12.6 Å². The summed E-state index contributed by atoms with van der Waals surface area (Å²) in [6, 6.07) is 11.1. The number of carbonyl (C=O) groups excluding carboxylic acids is 1. The minimum Gasteiger partial charge on any atom is -0.485 e. The predicted octanol–water partition coefficient (Wildman–Crippen LogP) is 1.54. The number of hydrogen-bond donors (Lipinski definition) is 1. The molecule has 1 atom stereocenters. The highest BCUT2D eigenvalue weighted by Gasteiger charge is 2.26. The molecule has 2 aromatic rings. The summed E-state index contributed by atoms with van der Waals surface area (Å²) in [6.45, 7) is 0.643. The van der Waals surface area contributed by atoms with E-state index >= 15 is 0 Å². The topological polar surface area (TPSA) is 60.5 Å². The second-order valence-corrected chi connectivity index (χ2v) is 4.44. The van der Waals surface area contributed by atoms with Crippen molar-refractivity contribution in [3.63, 3.8) is 0 Å². The van der Waals surface area contributed by atoms with Crippen LogP contribution in [0.3, 0.4) is 0 Å². The van der Waals surface area contributed by atoms with Crippen molar-refractivity contribution < 1.29 is 14.3 Å². The molecule has 20 heavy (non-hydrogen) atoms. The van der Waals surface area contributed by atoms with Gasteiger partial charge >= 0.3 is 0 Å². The molecule has 1 aromatic heterocycles. The van der Waals surface area contributed by atoms with Crippen molar-refractivity contribution in [1.29, 1.82) is 0 Å². The summed E-state index contributed by atoms with van der Waals surface area (Å²) in [7, 11) is 0. The van der Waals surface area contributed by atoms with E-state index in [0.717, 1.165) is 5.56 Å². The van der Waals surface area contributed by atoms with Gasteiger partial charge in [-0.3, -0.25) is 9.78 Å². The van der Waals surface area contributed by atoms with Crippen LogP contribution in [0.4, 0.5) is 0 Å². The Balaban J connectivity index is 1.59. The second-order valence-electron chi connectivity index (χ2n) is 4.44. The van der Waals surface area contributed by atoms with Crippen LogP contribution in [0.2, 0.25) is 0 Å². The largest absolute Gasteiger partial charge is 0.485 e. The molecule has 0 radical (unpaired) electrons. The number of carbonyl (C=O) groups is 1. The van der Waals surface area contributed by atoms with Gasteiger partial charge < -0.3 is 14.8 Å². The molecule has 2 heterocycles. The molecule has 1 amide bonds. The van der Waals surface area contributed by atoms with Gasteiger partial charge in [0, 0.05) is 18.9 Å². The van der Waals surface area contributed by atoms with Crippen molar-refractivity contribution in [1.82, 2.24) is 10.3 Å². The van der Waals surface area contributed by atoms with E-state index in [4.69, 9.17) is 9.47 Å². The number of aromatic nitrogens is 1. The number of pyridine rings is 1. The van der Waals surface area contributed by atoms with Gasteiger partial charge in [-0.05, 0) is 23.8 Å². The van der Waals surface area contributed by atoms with Crippen molar-refractivity contribution in [3.05, 3.63) is 54.4 Å². The molecule has 1 N–H and O–H groups in total. The second kappa shape index (κ2) is 5.61. The maximum absolute atomic E-state index is 12.0. The van der Waals surface area contributed by atoms with E-state index in [2.05, 4.69) is 10.3 Å². The molecule has 1 aromatic carbocycles. The first-order valence-electron chi connectivity index (χ1n) is 6.38. The van der Waals surface area contributed by atoms with Crippen LogP contribution in [0.1, 0.15) is 5.56 Å². The Morgan fingerprint density at radius 3 is 2.90 bits per heavy atom. The molecular weight excluding hydrogens is 256 g/mol. The van der Waals surface area contributed by atoms with Crippen molar-refractivity contribution in [2.24, 2.45) is 0 Å². The minimum atomic E-state index is -0.624. The number of nitrogens with zero attached hydrogens (tertiary/aromatic N) is 1. The highest BCUT2D eigenvalue weighted by molar-refractivity contribution is 5.81. The summed E-state index contributed by atoms with van der Waals surface area (Å²) < 4.78 is 11.1. The maximum Gasteiger partial charge on any atom is 0.264 e. The lowest BCUT2D eigenvalue weighted by atomic mass is 10.2. The van der Waals surface area contributed by atoms with E-state index < -0.39 is 6.10 Å². The minimum absolute atomic E-state index is 0.191. The molecule has 0 spiro atoms. The Morgan fingerprint density at radius 2 is 2.10 bits per heavy atom. The zero-order valence-electron chi connectivity index (χ0n) is 10.8. The van der Waals surface area contributed by atoms with E-state index in [1.165, 1.54) is 0 Å². The van der Waals surface area contributed by atoms with Crippen LogP contribution in [0.5, 0.6) is 11.5 Å². The summed E-state index contributed by atoms with van der Waals surface area (Å²) in [5, 5.41) is 2.82. The number of fused-ring (bicyclic) bond motifs is 1. The van der Waals surface area contributed by atoms with Crippen LogP contribution in [0, 0.1) is 0 Å². The number of para-hydroxylation sites is 2. The van der Waals surface area contributed by atoms with Crippen LogP contribution in [0.25, 0.3) is 0 Å². The third-order valence-electron chi connectivity index (χ3n) is 2.99. The Hall–Kier alpha value is -2.56. The van der Waals surface area contributed by atoms with Gasteiger partial charge in [0.05, 0.1) is 0 Å². The van der Waals surface area contributed by atoms with Gasteiger partial charge in [0.25, 0.3) is 5.91 Å². The number of nitrogens with one attached hydrogen (secondary N) is 1. The highest BCUT2D eigenvalue weighted by atomic mass is 16.6. The standard InChI is InChI=1S/C15H14N2O3/c18-15(17-9-11-4-3-7-16-8-11)14-10-19-12-5-1-2-6-13(12)20-14/h1-8,14H,9-10H2,(H,17,18)/t14-/m1/s1. The van der Waals surface area contributed by atoms with Gasteiger partial charge in [-0.15, -0.1) is 0 Å². The van der Waals surface area contributed by atoms with Gasteiger partial charge in [0.15, 0.2) is 11.5 Å². The summed E-state index contributed by atoms with van der Waals surface area (Å²) in [6.07, 6.45) is 2.79. The molecule has 102 valence electrons. The Labute approximate surface area is 116 Å². The van der Waals surface area contributed by atoms with Crippen LogP contribution >= 0.6 is 0 Å². The predicted molar refractivity (Wildman–Crippen MR) is 72.4 cm³/mol. The molecule has 0 unspecified atom stereocenters. The van der Waals surface area contributed by atoms with Crippen LogP contribution in [-0.4, -0.2) is 23.6 Å². The molecule has 3 rings (SSSR count). The van der Waals surface area contributed by atoms with E-state index in [1.54, 1.807) is 18.5 Å². The fraction of sp³-hybridized carbons (Fsp3) is 0.200. The smallest absolute Gasteiger partial charge is 0.264 e. The summed E-state index contributed by atoms with van der Waals surface area (Å²) in [4.78, 5) is 16.0. The molecule has 1 aliphatic rings. The summed E-state index contributed by atoms with van der Waals surface area (Å²) >= 11 is 0. The third-order valence-corrected chi connectivity index (χ3v) is 2.99. The average molecular weight is 270 g/mol. The number of rotatable bonds is 3. The third kappa shape index (κ3) is 2.71. The molecule has 1 aliphatic heterocycles. The quantitative estimate of drug-likeness (QED) is 0.919. The SMILES string of the molecule is O=C(NCc1cccnc1)[C@H]1COc2ccccc2O1. The number of ether oxygens (including phenoxy) is 2. The van der Waals surface area contributed by atoms with Crippen molar-refractivity contribution >= 4 is 5.91 Å². The molecule has 0 fully saturated rings. The summed E-state index contributed by atoms with van der Waals surface area (Å²) in [5.41, 5.74) is 0.943. The first-order chi connectivity index (χ1) is 9.83. The Morgan fingerprint density at radius 1 is 1.25 bits per heavy atom. The lowest BCUT2D eigenvalue weighted by molar-refractivity contribution is -0.130. The number of amides is 1. The fourth-order valence-electron chi connectivity index (χ4n) is 1.95. The Kier molecular flexibility index (Phi) is 3.50. The number of benzene rings is 1. The van der Waals surface area contributed by atoms with E-state index in [1.807, 2.05) is 30.3 Å². The molecule has 5 heteroatoms. The normalized spacial score (nSPS) is 16.5. The fourth-order valence-corrected chi connectivity index (χ4v) is 1.95. The first-order valence-corrected chi connectivity index (χ1v) is 6.38. The molecular formula is C15H14N2O3. The lowest BCUT2D eigenvalue weighted by Crippen LogP contribution is -2.43. The van der Waals surface area contributed by atoms with Crippen LogP contribution in [-0.2, 0) is 11.3 Å². The lowest BCUT2D eigenvalue weighted by Gasteiger charge is -2.25. The highest BCUT2D eigenvalue weighted by Crippen LogP contribution is 2.30. The van der Waals surface area contributed by atoms with Gasteiger partial charge in [0.1, 0.15) is 6.61 Å². The van der Waals surface area contributed by atoms with Crippen molar-refractivity contribution in [3.8, 4) is 11.5 Å². The van der Waals surface area contributed by atoms with Gasteiger partial charge in [-0.25, -0.2) is 0 Å². The molecule has 0 saturated heterocycles. The number of hydrogen-bond acceptors (Lipinski definition) is 4. The zero-order valence-corrected chi connectivity index (χ0v) is 10.8. The zero-order chi connectivity index (χ0) is 13.8. The van der Waals surface area contributed by atoms with Gasteiger partial charge in [0.2, 0.25) is 6.10 Å². The van der Waals surface area contributed by atoms with Crippen LogP contribution < -0.4 is 14.8 Å². The van der Waals surface area contributed by atoms with Crippen molar-refractivity contribution in [2.75, 3.05) is 6.61 Å². The molecule has 5 nitrogen and oxygen atoms in total. The monoisotopic (exact) mass is 270 g/mol. The van der Waals surface area contributed by atoms with Gasteiger partial charge in [-0.2, -0.15) is 0 Å². The molecule has 0 aliphatic carbocycles. The molecule has 0 saturated carbocycles. The van der Waals surface area contributed by atoms with E-state index in [0.29, 0.717) is 18.0 Å². The van der Waals surface area contributed by atoms with Gasteiger partial charge in [-0.1, -0.05) is 18.2 Å². The Bertz CT molecular complexity index is 601. The van der Waals surface area contributed by atoms with E-state index in [9.17, 15) is 4.79 Å². The maximum atomic E-state index is 12.0. The van der Waals surface area contributed by atoms with Crippen LogP contribution in [0.15, 0.2) is 48.8 Å². The summed E-state index contributed by atoms with van der Waals surface area (Å²) in [5.74, 6) is 1.08. The average Bonchev–Trinajstić information content (AvgIpc) is 2.53. The molecule has 0 bridgehead atoms. The van der Waals surface area contributed by atoms with E-state index in [-0.39, 0.29) is 12.5 Å².